The summed E-state index contributed by atoms with van der Waals surface area (Å²) in [6.07, 6.45) is 1.06. The number of fused-ring (bicyclic) bond motifs is 1. The predicted molar refractivity (Wildman–Crippen MR) is 87.8 cm³/mol. The number of hydrogen-bond donors (Lipinski definition) is 1. The van der Waals surface area contributed by atoms with Gasteiger partial charge in [0.05, 0.1) is 5.02 Å². The second-order valence-corrected chi connectivity index (χ2v) is 6.46. The maximum Gasteiger partial charge on any atom is 0.0548 e. The van der Waals surface area contributed by atoms with Gasteiger partial charge in [-0.2, -0.15) is 0 Å². The van der Waals surface area contributed by atoms with Crippen LogP contribution in [0.2, 0.25) is 5.02 Å². The number of rotatable bonds is 2. The van der Waals surface area contributed by atoms with Crippen molar-refractivity contribution < 1.29 is 0 Å². The molecule has 1 heterocycles. The lowest BCUT2D eigenvalue weighted by Gasteiger charge is -2.29. The second kappa shape index (κ2) is 5.76. The fraction of sp³-hybridized carbons (Fsp3) is 0.250. The van der Waals surface area contributed by atoms with E-state index < -0.39 is 0 Å². The van der Waals surface area contributed by atoms with Crippen LogP contribution in [0.15, 0.2) is 40.9 Å². The highest BCUT2D eigenvalue weighted by Crippen LogP contribution is 2.27. The van der Waals surface area contributed by atoms with Gasteiger partial charge in [-0.15, -0.1) is 0 Å². The Morgan fingerprint density at radius 3 is 2.90 bits per heavy atom. The van der Waals surface area contributed by atoms with Gasteiger partial charge in [0.2, 0.25) is 0 Å². The van der Waals surface area contributed by atoms with Gasteiger partial charge in [0.25, 0.3) is 0 Å². The van der Waals surface area contributed by atoms with Gasteiger partial charge in [0, 0.05) is 29.8 Å². The molecule has 2 N–H and O–H groups in total. The lowest BCUT2D eigenvalue weighted by molar-refractivity contribution is 0.246. The Labute approximate surface area is 132 Å². The molecule has 4 heteroatoms. The lowest BCUT2D eigenvalue weighted by Crippen LogP contribution is -2.30. The summed E-state index contributed by atoms with van der Waals surface area (Å²) in [5.74, 6) is 0. The van der Waals surface area contributed by atoms with Crippen LogP contribution in [0.1, 0.15) is 16.7 Å². The first kappa shape index (κ1) is 13.9. The first-order valence-corrected chi connectivity index (χ1v) is 7.83. The van der Waals surface area contributed by atoms with E-state index in [9.17, 15) is 0 Å². The normalized spacial score (nSPS) is 15.1. The standard InChI is InChI=1S/C16H16BrClN2/c17-14-8-11(4-5-15(14)18)9-20-7-6-12-2-1-3-16(19)13(12)10-20/h1-5,8H,6-7,9-10,19H2. The Hall–Kier alpha value is -1.03. The Kier molecular flexibility index (Phi) is 4.01. The van der Waals surface area contributed by atoms with Gasteiger partial charge in [-0.3, -0.25) is 4.90 Å². The minimum absolute atomic E-state index is 0.752. The van der Waals surface area contributed by atoms with Crippen LogP contribution >= 0.6 is 27.5 Å². The molecule has 0 atom stereocenters. The third kappa shape index (κ3) is 2.85. The Morgan fingerprint density at radius 2 is 2.10 bits per heavy atom. The number of nitrogen functional groups attached to an aromatic ring is 1. The fourth-order valence-corrected chi connectivity index (χ4v) is 3.24. The van der Waals surface area contributed by atoms with Crippen LogP contribution < -0.4 is 5.73 Å². The molecule has 2 aromatic carbocycles. The number of benzene rings is 2. The maximum atomic E-state index is 6.09. The summed E-state index contributed by atoms with van der Waals surface area (Å²) in [5, 5.41) is 0.752. The molecule has 0 unspecified atom stereocenters. The molecule has 0 radical (unpaired) electrons. The summed E-state index contributed by atoms with van der Waals surface area (Å²) in [7, 11) is 0. The zero-order valence-electron chi connectivity index (χ0n) is 11.1. The molecule has 3 rings (SSSR count). The first-order valence-electron chi connectivity index (χ1n) is 6.66. The quantitative estimate of drug-likeness (QED) is 0.820. The highest BCUT2D eigenvalue weighted by Gasteiger charge is 2.18. The summed E-state index contributed by atoms with van der Waals surface area (Å²) in [6, 6.07) is 12.3. The summed E-state index contributed by atoms with van der Waals surface area (Å²) in [6.45, 7) is 2.91. The van der Waals surface area contributed by atoms with E-state index in [0.29, 0.717) is 0 Å². The van der Waals surface area contributed by atoms with Gasteiger partial charge in [0.1, 0.15) is 0 Å². The predicted octanol–water partition coefficient (Wildman–Crippen LogP) is 4.24. The molecule has 0 fully saturated rings. The van der Waals surface area contributed by atoms with Crippen LogP contribution in [0.3, 0.4) is 0 Å². The molecule has 0 bridgehead atoms. The largest absolute Gasteiger partial charge is 0.398 e. The van der Waals surface area contributed by atoms with Gasteiger partial charge in [-0.1, -0.05) is 29.8 Å². The summed E-state index contributed by atoms with van der Waals surface area (Å²) in [4.78, 5) is 2.42. The van der Waals surface area contributed by atoms with Crippen molar-refractivity contribution in [2.75, 3.05) is 12.3 Å². The average Bonchev–Trinajstić information content (AvgIpc) is 2.44. The molecule has 20 heavy (non-hydrogen) atoms. The van der Waals surface area contributed by atoms with Crippen molar-refractivity contribution in [3.63, 3.8) is 0 Å². The van der Waals surface area contributed by atoms with Gasteiger partial charge in [-0.05, 0) is 57.2 Å². The summed E-state index contributed by atoms with van der Waals surface area (Å²) < 4.78 is 0.952. The number of hydrogen-bond acceptors (Lipinski definition) is 2. The molecule has 2 nitrogen and oxygen atoms in total. The van der Waals surface area contributed by atoms with Crippen LogP contribution in [0, 0.1) is 0 Å². The molecule has 0 saturated heterocycles. The lowest BCUT2D eigenvalue weighted by atomic mass is 9.98. The number of nitrogens with two attached hydrogens (primary N) is 1. The molecular formula is C16H16BrClN2. The van der Waals surface area contributed by atoms with E-state index in [1.807, 2.05) is 18.2 Å². The zero-order chi connectivity index (χ0) is 14.1. The zero-order valence-corrected chi connectivity index (χ0v) is 13.4. The first-order chi connectivity index (χ1) is 9.63. The maximum absolute atomic E-state index is 6.09. The van der Waals surface area contributed by atoms with E-state index in [-0.39, 0.29) is 0 Å². The highest BCUT2D eigenvalue weighted by atomic mass is 79.9. The van der Waals surface area contributed by atoms with Gasteiger partial charge in [-0.25, -0.2) is 0 Å². The SMILES string of the molecule is Nc1cccc2c1CN(Cc1ccc(Cl)c(Br)c1)CC2. The minimum Gasteiger partial charge on any atom is -0.398 e. The van der Waals surface area contributed by atoms with Crippen molar-refractivity contribution in [3.05, 3.63) is 62.6 Å². The van der Waals surface area contributed by atoms with Crippen LogP contribution in [0.4, 0.5) is 5.69 Å². The molecule has 0 aromatic heterocycles. The third-order valence-corrected chi connectivity index (χ3v) is 4.99. The number of nitrogens with zero attached hydrogens (tertiary/aromatic N) is 1. The monoisotopic (exact) mass is 350 g/mol. The van der Waals surface area contributed by atoms with Crippen LogP contribution in [-0.4, -0.2) is 11.4 Å². The van der Waals surface area contributed by atoms with Crippen molar-refractivity contribution >= 4 is 33.2 Å². The van der Waals surface area contributed by atoms with Crippen LogP contribution in [-0.2, 0) is 19.5 Å². The molecule has 0 aliphatic carbocycles. The summed E-state index contributed by atoms with van der Waals surface area (Å²) >= 11 is 9.51. The second-order valence-electron chi connectivity index (χ2n) is 5.19. The number of anilines is 1. The third-order valence-electron chi connectivity index (χ3n) is 3.78. The van der Waals surface area contributed by atoms with Crippen molar-refractivity contribution in [2.24, 2.45) is 0 Å². The van der Waals surface area contributed by atoms with E-state index in [1.54, 1.807) is 0 Å². The van der Waals surface area contributed by atoms with E-state index in [4.69, 9.17) is 17.3 Å². The Bertz CT molecular complexity index is 642. The van der Waals surface area contributed by atoms with Crippen molar-refractivity contribution in [1.82, 2.24) is 4.90 Å². The Balaban J connectivity index is 1.77. The minimum atomic E-state index is 0.752. The van der Waals surface area contributed by atoms with Gasteiger partial charge < -0.3 is 5.73 Å². The average molecular weight is 352 g/mol. The van der Waals surface area contributed by atoms with E-state index in [1.165, 1.54) is 16.7 Å². The molecule has 2 aromatic rings. The molecule has 104 valence electrons. The smallest absolute Gasteiger partial charge is 0.0548 e. The van der Waals surface area contributed by atoms with Crippen LogP contribution in [0.5, 0.6) is 0 Å². The van der Waals surface area contributed by atoms with Crippen LogP contribution in [0.25, 0.3) is 0 Å². The Morgan fingerprint density at radius 1 is 1.25 bits per heavy atom. The molecule has 0 saturated carbocycles. The molecule has 0 spiro atoms. The van der Waals surface area contributed by atoms with Crippen molar-refractivity contribution in [1.29, 1.82) is 0 Å². The summed E-state index contributed by atoms with van der Waals surface area (Å²) in [5.41, 5.74) is 10.9. The molecular weight excluding hydrogens is 336 g/mol. The number of halogens is 2. The van der Waals surface area contributed by atoms with Crippen molar-refractivity contribution in [3.8, 4) is 0 Å². The molecule has 1 aliphatic heterocycles. The van der Waals surface area contributed by atoms with Crippen molar-refractivity contribution in [2.45, 2.75) is 19.5 Å². The highest BCUT2D eigenvalue weighted by molar-refractivity contribution is 9.10. The van der Waals surface area contributed by atoms with Gasteiger partial charge >= 0.3 is 0 Å². The topological polar surface area (TPSA) is 29.3 Å². The van der Waals surface area contributed by atoms with E-state index in [0.717, 1.165) is 41.2 Å². The van der Waals surface area contributed by atoms with Gasteiger partial charge in [0.15, 0.2) is 0 Å². The molecule has 0 amide bonds. The molecule has 1 aliphatic rings. The fourth-order valence-electron chi connectivity index (χ4n) is 2.69. The van der Waals surface area contributed by atoms with E-state index in [2.05, 4.69) is 39.0 Å². The van der Waals surface area contributed by atoms with E-state index >= 15 is 0 Å².